The minimum Gasteiger partial charge on any atom is -0.493 e. The molecule has 1 aliphatic rings. The van der Waals surface area contributed by atoms with Crippen molar-refractivity contribution in [2.45, 2.75) is 25.3 Å². The molecule has 2 heterocycles. The molecule has 2 aromatic heterocycles. The SMILES string of the molecule is COc1ccc(CNc2ncc(Br)c(Nc3cc(C4CC4)[nH]n3)n2)cc1OC. The van der Waals surface area contributed by atoms with Crippen LogP contribution in [0.5, 0.6) is 11.5 Å². The van der Waals surface area contributed by atoms with Gasteiger partial charge in [-0.3, -0.25) is 5.10 Å². The van der Waals surface area contributed by atoms with E-state index in [2.05, 4.69) is 46.7 Å². The van der Waals surface area contributed by atoms with Gasteiger partial charge in [-0.2, -0.15) is 10.1 Å². The number of methoxy groups -OCH3 is 2. The van der Waals surface area contributed by atoms with Crippen molar-refractivity contribution in [3.8, 4) is 11.5 Å². The molecule has 9 heteroatoms. The van der Waals surface area contributed by atoms with Crippen LogP contribution in [0.15, 0.2) is 34.9 Å². The van der Waals surface area contributed by atoms with E-state index in [1.54, 1.807) is 20.4 Å². The maximum atomic E-state index is 5.34. The predicted molar refractivity (Wildman–Crippen MR) is 110 cm³/mol. The maximum absolute atomic E-state index is 5.34. The van der Waals surface area contributed by atoms with Crippen molar-refractivity contribution in [1.29, 1.82) is 0 Å². The molecular weight excluding hydrogens is 424 g/mol. The van der Waals surface area contributed by atoms with Crippen LogP contribution in [0.4, 0.5) is 17.6 Å². The highest BCUT2D eigenvalue weighted by Gasteiger charge is 2.25. The fraction of sp³-hybridized carbons (Fsp3) is 0.316. The average Bonchev–Trinajstić information content (AvgIpc) is 3.47. The van der Waals surface area contributed by atoms with Crippen LogP contribution in [0.3, 0.4) is 0 Å². The molecule has 1 saturated carbocycles. The van der Waals surface area contributed by atoms with Gasteiger partial charge in [-0.25, -0.2) is 4.98 Å². The lowest BCUT2D eigenvalue weighted by atomic mass is 10.2. The number of nitrogens with one attached hydrogen (secondary N) is 3. The van der Waals surface area contributed by atoms with E-state index in [1.807, 2.05) is 24.3 Å². The number of hydrogen-bond donors (Lipinski definition) is 3. The molecule has 3 N–H and O–H groups in total. The summed E-state index contributed by atoms with van der Waals surface area (Å²) in [6, 6.07) is 7.80. The van der Waals surface area contributed by atoms with Gasteiger partial charge >= 0.3 is 0 Å². The van der Waals surface area contributed by atoms with E-state index in [4.69, 9.17) is 9.47 Å². The first kappa shape index (κ1) is 18.5. The van der Waals surface area contributed by atoms with Crippen molar-refractivity contribution in [2.24, 2.45) is 0 Å². The van der Waals surface area contributed by atoms with Gasteiger partial charge in [-0.15, -0.1) is 0 Å². The summed E-state index contributed by atoms with van der Waals surface area (Å²) in [4.78, 5) is 8.86. The van der Waals surface area contributed by atoms with Crippen LogP contribution < -0.4 is 20.1 Å². The van der Waals surface area contributed by atoms with E-state index >= 15 is 0 Å². The molecule has 3 aromatic rings. The van der Waals surface area contributed by atoms with E-state index in [-0.39, 0.29) is 0 Å². The first-order chi connectivity index (χ1) is 13.7. The van der Waals surface area contributed by atoms with E-state index in [9.17, 15) is 0 Å². The number of aromatic amines is 1. The molecule has 0 amide bonds. The summed E-state index contributed by atoms with van der Waals surface area (Å²) in [6.07, 6.45) is 4.16. The zero-order valence-electron chi connectivity index (χ0n) is 15.6. The van der Waals surface area contributed by atoms with E-state index < -0.39 is 0 Å². The Bertz CT molecular complexity index is 973. The largest absolute Gasteiger partial charge is 0.493 e. The standard InChI is InChI=1S/C19H21BrN6O2/c1-27-15-6-3-11(7-16(15)28-2)9-21-19-22-10-13(20)18(24-19)23-17-8-14(25-26-17)12-4-5-12/h3,6-8,10,12H,4-5,9H2,1-2H3,(H3,21,22,23,24,25,26). The zero-order valence-corrected chi connectivity index (χ0v) is 17.2. The molecule has 146 valence electrons. The minimum atomic E-state index is 0.512. The molecule has 0 atom stereocenters. The van der Waals surface area contributed by atoms with Crippen LogP contribution in [0.2, 0.25) is 0 Å². The van der Waals surface area contributed by atoms with Crippen LogP contribution in [0.25, 0.3) is 0 Å². The van der Waals surface area contributed by atoms with Gasteiger partial charge in [0.2, 0.25) is 5.95 Å². The van der Waals surface area contributed by atoms with E-state index in [1.165, 1.54) is 18.5 Å². The fourth-order valence-electron chi connectivity index (χ4n) is 2.84. The number of anilines is 3. The summed E-state index contributed by atoms with van der Waals surface area (Å²) in [5.41, 5.74) is 2.19. The Labute approximate surface area is 171 Å². The number of ether oxygens (including phenoxy) is 2. The highest BCUT2D eigenvalue weighted by atomic mass is 79.9. The highest BCUT2D eigenvalue weighted by Crippen LogP contribution is 2.39. The molecule has 1 aromatic carbocycles. The number of nitrogens with zero attached hydrogens (tertiary/aromatic N) is 3. The Morgan fingerprint density at radius 3 is 2.75 bits per heavy atom. The van der Waals surface area contributed by atoms with Gasteiger partial charge in [0.05, 0.1) is 18.7 Å². The van der Waals surface area contributed by atoms with Crippen molar-refractivity contribution in [1.82, 2.24) is 20.2 Å². The molecule has 0 aliphatic heterocycles. The third kappa shape index (κ3) is 4.19. The van der Waals surface area contributed by atoms with E-state index in [0.29, 0.717) is 35.7 Å². The van der Waals surface area contributed by atoms with Crippen molar-refractivity contribution in [3.05, 3.63) is 46.2 Å². The second-order valence-electron chi connectivity index (χ2n) is 6.54. The third-order valence-electron chi connectivity index (χ3n) is 4.50. The zero-order chi connectivity index (χ0) is 19.5. The summed E-state index contributed by atoms with van der Waals surface area (Å²) in [5.74, 6) is 3.91. The highest BCUT2D eigenvalue weighted by molar-refractivity contribution is 9.10. The van der Waals surface area contributed by atoms with Crippen LogP contribution >= 0.6 is 15.9 Å². The molecule has 0 bridgehead atoms. The summed E-state index contributed by atoms with van der Waals surface area (Å²) in [5, 5.41) is 13.8. The predicted octanol–water partition coefficient (Wildman–Crippen LogP) is 4.21. The fourth-order valence-corrected chi connectivity index (χ4v) is 3.13. The van der Waals surface area contributed by atoms with Crippen LogP contribution in [-0.4, -0.2) is 34.4 Å². The monoisotopic (exact) mass is 444 g/mol. The molecule has 1 fully saturated rings. The van der Waals surface area contributed by atoms with E-state index in [0.717, 1.165) is 15.9 Å². The molecule has 8 nitrogen and oxygen atoms in total. The number of H-pyrrole nitrogens is 1. The number of rotatable bonds is 8. The summed E-state index contributed by atoms with van der Waals surface area (Å²) < 4.78 is 11.4. The molecule has 0 spiro atoms. The van der Waals surface area contributed by atoms with Crippen LogP contribution in [0, 0.1) is 0 Å². The van der Waals surface area contributed by atoms with Crippen LogP contribution in [-0.2, 0) is 6.54 Å². The molecule has 1 aliphatic carbocycles. The van der Waals surface area contributed by atoms with Gasteiger partial charge in [-0.1, -0.05) is 6.07 Å². The molecule has 0 radical (unpaired) electrons. The van der Waals surface area contributed by atoms with Gasteiger partial charge in [0.1, 0.15) is 0 Å². The first-order valence-corrected chi connectivity index (χ1v) is 9.75. The summed E-state index contributed by atoms with van der Waals surface area (Å²) >= 11 is 3.48. The first-order valence-electron chi connectivity index (χ1n) is 8.96. The lowest BCUT2D eigenvalue weighted by molar-refractivity contribution is 0.354. The lowest BCUT2D eigenvalue weighted by Crippen LogP contribution is -2.06. The third-order valence-corrected chi connectivity index (χ3v) is 5.08. The topological polar surface area (TPSA) is 97.0 Å². The Morgan fingerprint density at radius 1 is 1.18 bits per heavy atom. The minimum absolute atomic E-state index is 0.512. The molecule has 28 heavy (non-hydrogen) atoms. The molecule has 0 saturated heterocycles. The maximum Gasteiger partial charge on any atom is 0.224 e. The number of hydrogen-bond acceptors (Lipinski definition) is 7. The van der Waals surface area contributed by atoms with Crippen LogP contribution in [0.1, 0.15) is 30.0 Å². The molecular formula is C19H21BrN6O2. The lowest BCUT2D eigenvalue weighted by Gasteiger charge is -2.11. The Balaban J connectivity index is 1.44. The Kier molecular flexibility index (Phi) is 5.34. The van der Waals surface area contributed by atoms with Gasteiger partial charge in [-0.05, 0) is 46.5 Å². The Hall–Kier alpha value is -2.81. The van der Waals surface area contributed by atoms with Gasteiger partial charge in [0.15, 0.2) is 23.1 Å². The summed E-state index contributed by atoms with van der Waals surface area (Å²) in [6.45, 7) is 0.551. The van der Waals surface area contributed by atoms with Gasteiger partial charge in [0, 0.05) is 30.4 Å². The van der Waals surface area contributed by atoms with Gasteiger partial charge < -0.3 is 20.1 Å². The Morgan fingerprint density at radius 2 is 2.00 bits per heavy atom. The normalized spacial score (nSPS) is 13.2. The summed E-state index contributed by atoms with van der Waals surface area (Å²) in [7, 11) is 3.24. The van der Waals surface area contributed by atoms with Crippen molar-refractivity contribution in [2.75, 3.05) is 24.9 Å². The van der Waals surface area contributed by atoms with Gasteiger partial charge in [0.25, 0.3) is 0 Å². The second kappa shape index (κ2) is 8.05. The second-order valence-corrected chi connectivity index (χ2v) is 7.40. The molecule has 0 unspecified atom stereocenters. The smallest absolute Gasteiger partial charge is 0.224 e. The molecule has 4 rings (SSSR count). The number of benzene rings is 1. The van der Waals surface area contributed by atoms with Crippen molar-refractivity contribution in [3.63, 3.8) is 0 Å². The average molecular weight is 445 g/mol. The quantitative estimate of drug-likeness (QED) is 0.478. The number of aromatic nitrogens is 4. The van der Waals surface area contributed by atoms with Crippen molar-refractivity contribution >= 4 is 33.5 Å². The number of halogens is 1. The van der Waals surface area contributed by atoms with Crippen molar-refractivity contribution < 1.29 is 9.47 Å².